The van der Waals surface area contributed by atoms with Gasteiger partial charge in [0.25, 0.3) is 0 Å². The first-order valence-electron chi connectivity index (χ1n) is 7.05. The molecule has 2 aliphatic rings. The summed E-state index contributed by atoms with van der Waals surface area (Å²) in [6, 6.07) is 7.79. The maximum Gasteiger partial charge on any atom is 0.331 e. The second-order valence-electron chi connectivity index (χ2n) is 5.18. The van der Waals surface area contributed by atoms with Crippen molar-refractivity contribution in [2.24, 2.45) is 0 Å². The van der Waals surface area contributed by atoms with Gasteiger partial charge in [-0.2, -0.15) is 0 Å². The van der Waals surface area contributed by atoms with Crippen LogP contribution < -0.4 is 10.1 Å². The van der Waals surface area contributed by atoms with Gasteiger partial charge in [0.15, 0.2) is 5.54 Å². The number of carbonyl (C=O) groups is 1. The number of rotatable bonds is 2. The molecule has 1 aromatic rings. The summed E-state index contributed by atoms with van der Waals surface area (Å²) >= 11 is 0. The second-order valence-corrected chi connectivity index (χ2v) is 5.18. The molecule has 0 aliphatic carbocycles. The summed E-state index contributed by atoms with van der Waals surface area (Å²) in [6.07, 6.45) is 0.636. The summed E-state index contributed by atoms with van der Waals surface area (Å²) < 4.78 is 10.9. The lowest BCUT2D eigenvalue weighted by Crippen LogP contribution is -2.60. The van der Waals surface area contributed by atoms with Gasteiger partial charge in [-0.3, -0.25) is 4.90 Å². The van der Waals surface area contributed by atoms with E-state index in [0.29, 0.717) is 13.0 Å². The lowest BCUT2D eigenvalue weighted by atomic mass is 9.82. The minimum Gasteiger partial charge on any atom is -0.493 e. The van der Waals surface area contributed by atoms with Gasteiger partial charge < -0.3 is 14.8 Å². The first kappa shape index (κ1) is 13.4. The summed E-state index contributed by atoms with van der Waals surface area (Å²) in [4.78, 5) is 14.8. The van der Waals surface area contributed by atoms with Gasteiger partial charge in [-0.1, -0.05) is 18.2 Å². The van der Waals surface area contributed by atoms with E-state index in [0.717, 1.165) is 37.5 Å². The molecule has 2 heterocycles. The zero-order valence-electron chi connectivity index (χ0n) is 11.7. The number of piperazine rings is 1. The molecular weight excluding hydrogens is 256 g/mol. The van der Waals surface area contributed by atoms with Crippen LogP contribution >= 0.6 is 0 Å². The number of carbonyl (C=O) groups excluding carboxylic acids is 1. The number of nitrogens with one attached hydrogen (secondary N) is 1. The third-order valence-electron chi connectivity index (χ3n) is 4.23. The number of methoxy groups -OCH3 is 1. The molecule has 5 nitrogen and oxygen atoms in total. The molecule has 3 rings (SSSR count). The predicted octanol–water partition coefficient (Wildman–Crippen LogP) is 0.743. The topological polar surface area (TPSA) is 50.8 Å². The molecule has 1 atom stereocenters. The SMILES string of the molecule is COC(=O)C1(N2CCNCC2)CCOc2ccccc21. The van der Waals surface area contributed by atoms with Crippen LogP contribution in [0.5, 0.6) is 5.75 Å². The molecule has 0 bridgehead atoms. The molecule has 5 heteroatoms. The fourth-order valence-corrected chi connectivity index (χ4v) is 3.26. The van der Waals surface area contributed by atoms with E-state index < -0.39 is 5.54 Å². The number of benzene rings is 1. The van der Waals surface area contributed by atoms with E-state index in [1.54, 1.807) is 0 Å². The standard InChI is InChI=1S/C15H20N2O3/c1-19-14(18)15(17-9-7-16-8-10-17)6-11-20-13-5-3-2-4-12(13)15/h2-5,16H,6-11H2,1H3. The Kier molecular flexibility index (Phi) is 3.63. The quantitative estimate of drug-likeness (QED) is 0.808. The number of ether oxygens (including phenoxy) is 2. The van der Waals surface area contributed by atoms with Gasteiger partial charge in [-0.05, 0) is 6.07 Å². The molecule has 0 amide bonds. The summed E-state index contributed by atoms with van der Waals surface area (Å²) in [7, 11) is 1.46. The largest absolute Gasteiger partial charge is 0.493 e. The number of fused-ring (bicyclic) bond motifs is 1. The van der Waals surface area contributed by atoms with Gasteiger partial charge in [-0.15, -0.1) is 0 Å². The van der Waals surface area contributed by atoms with Crippen molar-refractivity contribution in [1.29, 1.82) is 0 Å². The Bertz CT molecular complexity index is 500. The molecule has 0 radical (unpaired) electrons. The summed E-state index contributed by atoms with van der Waals surface area (Å²) in [5.41, 5.74) is 0.228. The van der Waals surface area contributed by atoms with E-state index >= 15 is 0 Å². The van der Waals surface area contributed by atoms with Crippen LogP contribution in [0, 0.1) is 0 Å². The van der Waals surface area contributed by atoms with Gasteiger partial charge >= 0.3 is 5.97 Å². The van der Waals surface area contributed by atoms with Crippen LogP contribution in [0.1, 0.15) is 12.0 Å². The fourth-order valence-electron chi connectivity index (χ4n) is 3.26. The Morgan fingerprint density at radius 1 is 1.35 bits per heavy atom. The van der Waals surface area contributed by atoms with Crippen LogP contribution in [-0.4, -0.2) is 50.8 Å². The highest BCUT2D eigenvalue weighted by Crippen LogP contribution is 2.42. The Morgan fingerprint density at radius 2 is 2.10 bits per heavy atom. The van der Waals surface area contributed by atoms with Crippen LogP contribution in [0.3, 0.4) is 0 Å². The van der Waals surface area contributed by atoms with E-state index in [-0.39, 0.29) is 5.97 Å². The normalized spacial score (nSPS) is 26.4. The third-order valence-corrected chi connectivity index (χ3v) is 4.23. The van der Waals surface area contributed by atoms with Gasteiger partial charge in [0.05, 0.1) is 13.7 Å². The molecule has 0 saturated carbocycles. The Labute approximate surface area is 118 Å². The smallest absolute Gasteiger partial charge is 0.331 e. The van der Waals surface area contributed by atoms with E-state index in [4.69, 9.17) is 9.47 Å². The van der Waals surface area contributed by atoms with Crippen molar-refractivity contribution in [3.05, 3.63) is 29.8 Å². The Hall–Kier alpha value is -1.59. The van der Waals surface area contributed by atoms with Crippen molar-refractivity contribution in [1.82, 2.24) is 10.2 Å². The highest BCUT2D eigenvalue weighted by atomic mass is 16.5. The van der Waals surface area contributed by atoms with Crippen molar-refractivity contribution in [3.63, 3.8) is 0 Å². The van der Waals surface area contributed by atoms with E-state index in [1.165, 1.54) is 7.11 Å². The molecular formula is C15H20N2O3. The summed E-state index contributed by atoms with van der Waals surface area (Å²) in [6.45, 7) is 3.99. The monoisotopic (exact) mass is 276 g/mol. The van der Waals surface area contributed by atoms with E-state index in [2.05, 4.69) is 10.2 Å². The minimum atomic E-state index is -0.703. The second kappa shape index (κ2) is 5.42. The molecule has 20 heavy (non-hydrogen) atoms. The fraction of sp³-hybridized carbons (Fsp3) is 0.533. The van der Waals surface area contributed by atoms with Crippen molar-refractivity contribution in [2.45, 2.75) is 12.0 Å². The molecule has 0 aromatic heterocycles. The summed E-state index contributed by atoms with van der Waals surface area (Å²) in [5, 5.41) is 3.33. The minimum absolute atomic E-state index is 0.185. The van der Waals surface area contributed by atoms with Gasteiger partial charge in [0.1, 0.15) is 5.75 Å². The molecule has 1 unspecified atom stereocenters. The molecule has 1 saturated heterocycles. The maximum atomic E-state index is 12.6. The summed E-state index contributed by atoms with van der Waals surface area (Å²) in [5.74, 6) is 0.609. The van der Waals surface area contributed by atoms with Crippen molar-refractivity contribution < 1.29 is 14.3 Å². The number of hydrogen-bond acceptors (Lipinski definition) is 5. The third kappa shape index (κ3) is 1.98. The van der Waals surface area contributed by atoms with Crippen molar-refractivity contribution in [2.75, 3.05) is 39.9 Å². The van der Waals surface area contributed by atoms with Crippen LogP contribution in [0.25, 0.3) is 0 Å². The van der Waals surface area contributed by atoms with Gasteiger partial charge in [-0.25, -0.2) is 4.79 Å². The van der Waals surface area contributed by atoms with Crippen molar-refractivity contribution in [3.8, 4) is 5.75 Å². The molecule has 1 aromatic carbocycles. The zero-order valence-corrected chi connectivity index (χ0v) is 11.7. The first-order valence-corrected chi connectivity index (χ1v) is 7.05. The zero-order chi connectivity index (χ0) is 14.0. The lowest BCUT2D eigenvalue weighted by Gasteiger charge is -2.46. The van der Waals surface area contributed by atoms with Gasteiger partial charge in [0, 0.05) is 38.2 Å². The van der Waals surface area contributed by atoms with Crippen LogP contribution in [0.15, 0.2) is 24.3 Å². The average Bonchev–Trinajstić information content (AvgIpc) is 2.54. The maximum absolute atomic E-state index is 12.6. The molecule has 0 spiro atoms. The predicted molar refractivity (Wildman–Crippen MR) is 74.7 cm³/mol. The number of nitrogens with zero attached hydrogens (tertiary/aromatic N) is 1. The Balaban J connectivity index is 2.09. The van der Waals surface area contributed by atoms with E-state index in [9.17, 15) is 4.79 Å². The van der Waals surface area contributed by atoms with Gasteiger partial charge in [0.2, 0.25) is 0 Å². The molecule has 1 N–H and O–H groups in total. The first-order chi connectivity index (χ1) is 9.79. The van der Waals surface area contributed by atoms with Crippen LogP contribution in [0.4, 0.5) is 0 Å². The molecule has 2 aliphatic heterocycles. The lowest BCUT2D eigenvalue weighted by molar-refractivity contribution is -0.159. The van der Waals surface area contributed by atoms with Crippen LogP contribution in [0.2, 0.25) is 0 Å². The van der Waals surface area contributed by atoms with E-state index in [1.807, 2.05) is 24.3 Å². The van der Waals surface area contributed by atoms with Crippen LogP contribution in [-0.2, 0) is 15.1 Å². The number of hydrogen-bond donors (Lipinski definition) is 1. The van der Waals surface area contributed by atoms with Crippen molar-refractivity contribution >= 4 is 5.97 Å². The number of para-hydroxylation sites is 1. The molecule has 1 fully saturated rings. The molecule has 108 valence electrons. The highest BCUT2D eigenvalue weighted by Gasteiger charge is 2.50. The Morgan fingerprint density at radius 3 is 2.85 bits per heavy atom. The number of esters is 1. The average molecular weight is 276 g/mol. The highest BCUT2D eigenvalue weighted by molar-refractivity contribution is 5.84.